The van der Waals surface area contributed by atoms with E-state index in [-0.39, 0.29) is 11.7 Å². The van der Waals surface area contributed by atoms with E-state index in [4.69, 9.17) is 23.2 Å². The average molecular weight is 534 g/mol. The number of carbonyl (C=O) groups is 1. The molecule has 1 amide bonds. The lowest BCUT2D eigenvalue weighted by molar-refractivity contribution is -0.113. The molecule has 0 fully saturated rings. The molecule has 4 aromatic rings. The molecule has 0 saturated carbocycles. The summed E-state index contributed by atoms with van der Waals surface area (Å²) in [5.41, 5.74) is 2.28. The van der Waals surface area contributed by atoms with Gasteiger partial charge in [-0.3, -0.25) is 9.36 Å². The molecule has 0 radical (unpaired) electrons. The fourth-order valence-electron chi connectivity index (χ4n) is 2.90. The third-order valence-electron chi connectivity index (χ3n) is 4.30. The van der Waals surface area contributed by atoms with Gasteiger partial charge in [0.25, 0.3) is 0 Å². The lowest BCUT2D eigenvalue weighted by atomic mass is 10.2. The van der Waals surface area contributed by atoms with E-state index < -0.39 is 0 Å². The molecule has 5 nitrogen and oxygen atoms in total. The normalized spacial score (nSPS) is 10.8. The molecule has 3 aromatic carbocycles. The van der Waals surface area contributed by atoms with Crippen LogP contribution in [0.2, 0.25) is 10.0 Å². The predicted molar refractivity (Wildman–Crippen MR) is 130 cm³/mol. The number of anilines is 1. The Morgan fingerprint density at radius 2 is 1.74 bits per heavy atom. The Morgan fingerprint density at radius 3 is 2.52 bits per heavy atom. The lowest BCUT2D eigenvalue weighted by Gasteiger charge is -2.11. The zero-order chi connectivity index (χ0) is 21.8. The zero-order valence-corrected chi connectivity index (χ0v) is 19.8. The Labute approximate surface area is 201 Å². The van der Waals surface area contributed by atoms with Crippen molar-refractivity contribution >= 4 is 62.5 Å². The van der Waals surface area contributed by atoms with E-state index in [1.54, 1.807) is 18.2 Å². The topological polar surface area (TPSA) is 59.8 Å². The van der Waals surface area contributed by atoms with Crippen LogP contribution in [0.1, 0.15) is 0 Å². The molecule has 0 aliphatic rings. The quantitative estimate of drug-likeness (QED) is 0.279. The number of hydrogen-bond acceptors (Lipinski definition) is 4. The number of hydrogen-bond donors (Lipinski definition) is 1. The van der Waals surface area contributed by atoms with Crippen LogP contribution in [-0.4, -0.2) is 26.4 Å². The monoisotopic (exact) mass is 532 g/mol. The molecule has 0 spiro atoms. The molecule has 4 rings (SSSR count). The highest BCUT2D eigenvalue weighted by atomic mass is 79.9. The first-order valence-corrected chi connectivity index (χ1v) is 11.7. The highest BCUT2D eigenvalue weighted by Gasteiger charge is 2.19. The number of rotatable bonds is 6. The number of benzene rings is 3. The molecule has 0 atom stereocenters. The molecule has 31 heavy (non-hydrogen) atoms. The van der Waals surface area contributed by atoms with Crippen molar-refractivity contribution in [1.82, 2.24) is 14.8 Å². The average Bonchev–Trinajstić information content (AvgIpc) is 3.19. The van der Waals surface area contributed by atoms with E-state index in [0.29, 0.717) is 26.7 Å². The van der Waals surface area contributed by atoms with Crippen molar-refractivity contribution in [3.8, 4) is 17.1 Å². The fraction of sp³-hybridized carbons (Fsp3) is 0.0455. The Kier molecular flexibility index (Phi) is 6.97. The number of carbonyl (C=O) groups excluding carboxylic acids is 1. The van der Waals surface area contributed by atoms with Gasteiger partial charge in [0.1, 0.15) is 0 Å². The first kappa shape index (κ1) is 21.9. The van der Waals surface area contributed by atoms with Gasteiger partial charge in [0.15, 0.2) is 11.0 Å². The second-order valence-corrected chi connectivity index (χ2v) is 9.06. The summed E-state index contributed by atoms with van der Waals surface area (Å²) >= 11 is 17.0. The van der Waals surface area contributed by atoms with E-state index >= 15 is 0 Å². The van der Waals surface area contributed by atoms with E-state index in [0.717, 1.165) is 15.7 Å². The first-order valence-electron chi connectivity index (χ1n) is 9.16. The number of nitrogens with one attached hydrogen (secondary N) is 1. The predicted octanol–water partition coefficient (Wildman–Crippen LogP) is 6.73. The molecule has 0 bridgehead atoms. The van der Waals surface area contributed by atoms with Crippen LogP contribution in [0, 0.1) is 0 Å². The number of nitrogens with zero attached hydrogens (tertiary/aromatic N) is 3. The first-order chi connectivity index (χ1) is 15.0. The summed E-state index contributed by atoms with van der Waals surface area (Å²) in [7, 11) is 0. The number of para-hydroxylation sites is 1. The van der Waals surface area contributed by atoms with Gasteiger partial charge in [-0.15, -0.1) is 10.2 Å². The molecule has 0 saturated heterocycles. The van der Waals surface area contributed by atoms with E-state index in [2.05, 4.69) is 31.4 Å². The molecule has 1 heterocycles. The molecular formula is C22H15BrCl2N4OS. The minimum absolute atomic E-state index is 0.129. The minimum Gasteiger partial charge on any atom is -0.324 e. The van der Waals surface area contributed by atoms with Crippen molar-refractivity contribution in [2.45, 2.75) is 5.16 Å². The molecule has 0 unspecified atom stereocenters. The lowest BCUT2D eigenvalue weighted by Crippen LogP contribution is -2.15. The summed E-state index contributed by atoms with van der Waals surface area (Å²) in [4.78, 5) is 12.5. The number of amides is 1. The van der Waals surface area contributed by atoms with Crippen molar-refractivity contribution in [1.29, 1.82) is 0 Å². The van der Waals surface area contributed by atoms with Crippen LogP contribution in [0.25, 0.3) is 17.1 Å². The number of aromatic nitrogens is 3. The van der Waals surface area contributed by atoms with Gasteiger partial charge >= 0.3 is 0 Å². The second-order valence-electron chi connectivity index (χ2n) is 6.42. The number of thioether (sulfide) groups is 1. The summed E-state index contributed by atoms with van der Waals surface area (Å²) in [6.07, 6.45) is 0. The standard InChI is InChI=1S/C22H15BrCl2N4OS/c23-17-9-5-4-8-16(17)21-27-28-22(29(21)15-6-2-1-3-7-15)31-13-20(30)26-19-12-14(24)10-11-18(19)25/h1-12H,13H2,(H,26,30). The van der Waals surface area contributed by atoms with Crippen molar-refractivity contribution in [2.24, 2.45) is 0 Å². The molecule has 0 aliphatic heterocycles. The summed E-state index contributed by atoms with van der Waals surface area (Å²) in [6, 6.07) is 22.5. The van der Waals surface area contributed by atoms with Gasteiger partial charge in [-0.05, 0) is 36.4 Å². The van der Waals surface area contributed by atoms with Crippen LogP contribution >= 0.6 is 50.9 Å². The summed E-state index contributed by atoms with van der Waals surface area (Å²) in [5.74, 6) is 0.586. The summed E-state index contributed by atoms with van der Waals surface area (Å²) in [5, 5.41) is 13.1. The largest absolute Gasteiger partial charge is 0.324 e. The highest BCUT2D eigenvalue weighted by molar-refractivity contribution is 9.10. The Bertz CT molecular complexity index is 1230. The van der Waals surface area contributed by atoms with Gasteiger partial charge in [0.05, 0.1) is 16.5 Å². The summed E-state index contributed by atoms with van der Waals surface area (Å²) in [6.45, 7) is 0. The van der Waals surface area contributed by atoms with E-state index in [1.165, 1.54) is 11.8 Å². The van der Waals surface area contributed by atoms with Crippen molar-refractivity contribution < 1.29 is 4.79 Å². The maximum atomic E-state index is 12.5. The van der Waals surface area contributed by atoms with Crippen LogP contribution in [0.3, 0.4) is 0 Å². The van der Waals surface area contributed by atoms with Gasteiger partial charge in [-0.25, -0.2) is 0 Å². The van der Waals surface area contributed by atoms with Gasteiger partial charge in [-0.2, -0.15) is 0 Å². The van der Waals surface area contributed by atoms with Crippen molar-refractivity contribution in [3.63, 3.8) is 0 Å². The van der Waals surface area contributed by atoms with Gasteiger partial charge in [-0.1, -0.05) is 87.3 Å². The Hall–Kier alpha value is -2.32. The van der Waals surface area contributed by atoms with Crippen LogP contribution in [0.15, 0.2) is 82.4 Å². The third kappa shape index (κ3) is 5.13. The SMILES string of the molecule is O=C(CSc1nnc(-c2ccccc2Br)n1-c1ccccc1)Nc1cc(Cl)ccc1Cl. The van der Waals surface area contributed by atoms with Crippen LogP contribution < -0.4 is 5.32 Å². The van der Waals surface area contributed by atoms with Crippen molar-refractivity contribution in [2.75, 3.05) is 11.1 Å². The molecule has 9 heteroatoms. The molecule has 156 valence electrons. The van der Waals surface area contributed by atoms with E-state index in [9.17, 15) is 4.79 Å². The maximum absolute atomic E-state index is 12.5. The third-order valence-corrected chi connectivity index (χ3v) is 6.48. The Morgan fingerprint density at radius 1 is 1.00 bits per heavy atom. The van der Waals surface area contributed by atoms with Gasteiger partial charge in [0.2, 0.25) is 5.91 Å². The second kappa shape index (κ2) is 9.87. The van der Waals surface area contributed by atoms with Crippen LogP contribution in [-0.2, 0) is 4.79 Å². The fourth-order valence-corrected chi connectivity index (χ4v) is 4.45. The highest BCUT2D eigenvalue weighted by Crippen LogP contribution is 2.32. The van der Waals surface area contributed by atoms with Gasteiger partial charge < -0.3 is 5.32 Å². The number of halogens is 3. The minimum atomic E-state index is -0.223. The zero-order valence-electron chi connectivity index (χ0n) is 15.9. The van der Waals surface area contributed by atoms with Crippen molar-refractivity contribution in [3.05, 3.63) is 87.3 Å². The molecule has 1 aromatic heterocycles. The van der Waals surface area contributed by atoms with E-state index in [1.807, 2.05) is 59.2 Å². The smallest absolute Gasteiger partial charge is 0.234 e. The molecular weight excluding hydrogens is 519 g/mol. The molecule has 0 aliphatic carbocycles. The van der Waals surface area contributed by atoms with Crippen LogP contribution in [0.5, 0.6) is 0 Å². The molecule has 1 N–H and O–H groups in total. The maximum Gasteiger partial charge on any atom is 0.234 e. The van der Waals surface area contributed by atoms with Crippen LogP contribution in [0.4, 0.5) is 5.69 Å². The Balaban J connectivity index is 1.61. The van der Waals surface area contributed by atoms with Gasteiger partial charge in [0, 0.05) is 20.7 Å². The summed E-state index contributed by atoms with van der Waals surface area (Å²) < 4.78 is 2.84.